The number of fused-ring (bicyclic) bond motifs is 6. The first-order valence-electron chi connectivity index (χ1n) is 12.1. The van der Waals surface area contributed by atoms with E-state index >= 15 is 0 Å². The fourth-order valence-electron chi connectivity index (χ4n) is 5.95. The monoisotopic (exact) mass is 468 g/mol. The molecule has 36 heavy (non-hydrogen) atoms. The van der Waals surface area contributed by atoms with E-state index in [9.17, 15) is 19.2 Å². The molecule has 0 spiro atoms. The van der Waals surface area contributed by atoms with E-state index in [2.05, 4.69) is 0 Å². The van der Waals surface area contributed by atoms with Gasteiger partial charge in [0.05, 0.1) is 23.7 Å². The molecule has 0 saturated carbocycles. The molecule has 0 N–H and O–H groups in total. The lowest BCUT2D eigenvalue weighted by Crippen LogP contribution is -2.35. The Morgan fingerprint density at radius 2 is 0.583 bits per heavy atom. The van der Waals surface area contributed by atoms with Crippen LogP contribution in [0.1, 0.15) is 63.7 Å². The van der Waals surface area contributed by atoms with Gasteiger partial charge in [0.25, 0.3) is 0 Å². The highest BCUT2D eigenvalue weighted by atomic mass is 16.1. The van der Waals surface area contributed by atoms with Crippen LogP contribution in [0.2, 0.25) is 0 Å². The number of benzene rings is 2. The van der Waals surface area contributed by atoms with Crippen LogP contribution in [0.4, 0.5) is 0 Å². The fourth-order valence-corrected chi connectivity index (χ4v) is 5.95. The van der Waals surface area contributed by atoms with Crippen LogP contribution in [0.5, 0.6) is 0 Å². The zero-order valence-corrected chi connectivity index (χ0v) is 19.2. The molecular weight excluding hydrogens is 448 g/mol. The Kier molecular flexibility index (Phi) is 4.37. The third-order valence-electron chi connectivity index (χ3n) is 7.87. The maximum absolute atomic E-state index is 13.2. The van der Waals surface area contributed by atoms with Crippen LogP contribution in [0.25, 0.3) is 24.3 Å². The Morgan fingerprint density at radius 1 is 0.361 bits per heavy atom. The smallest absolute Gasteiger partial charge is 0.171 e. The van der Waals surface area contributed by atoms with Crippen LogP contribution < -0.4 is 0 Å². The molecule has 2 aromatic carbocycles. The SMILES string of the molecule is O=C1c2cc3c(cc2C(=O)C2C=CC=CC12)/C=C\c1cc2c(cc1/C=C\3)C(=O)C1C=CC=CC1C2=O. The van der Waals surface area contributed by atoms with Crippen molar-refractivity contribution in [1.29, 1.82) is 0 Å². The van der Waals surface area contributed by atoms with Crippen LogP contribution in [0, 0.1) is 23.7 Å². The fraction of sp³-hybridized carbons (Fsp3) is 0.125. The van der Waals surface area contributed by atoms with Gasteiger partial charge in [0, 0.05) is 22.3 Å². The molecule has 4 atom stereocenters. The van der Waals surface area contributed by atoms with Crippen LogP contribution in [0.15, 0.2) is 72.9 Å². The van der Waals surface area contributed by atoms with Crippen LogP contribution in [0.3, 0.4) is 0 Å². The highest BCUT2D eigenvalue weighted by molar-refractivity contribution is 6.19. The Bertz CT molecular complexity index is 1380. The average molecular weight is 469 g/mol. The van der Waals surface area contributed by atoms with E-state index in [1.165, 1.54) is 0 Å². The highest BCUT2D eigenvalue weighted by Crippen LogP contribution is 2.39. The zero-order chi connectivity index (χ0) is 24.6. The summed E-state index contributed by atoms with van der Waals surface area (Å²) >= 11 is 0. The second-order valence-corrected chi connectivity index (χ2v) is 9.82. The van der Waals surface area contributed by atoms with Crippen molar-refractivity contribution in [3.63, 3.8) is 0 Å². The second-order valence-electron chi connectivity index (χ2n) is 9.82. The molecule has 0 aromatic heterocycles. The minimum atomic E-state index is -0.454. The predicted molar refractivity (Wildman–Crippen MR) is 139 cm³/mol. The Hall–Kier alpha value is -4.44. The van der Waals surface area contributed by atoms with Crippen molar-refractivity contribution in [3.05, 3.63) is 117 Å². The lowest BCUT2D eigenvalue weighted by atomic mass is 9.71. The predicted octanol–water partition coefficient (Wildman–Crippen LogP) is 5.82. The molecular formula is C32H20O4. The molecule has 0 amide bonds. The summed E-state index contributed by atoms with van der Waals surface area (Å²) in [6.07, 6.45) is 22.1. The third-order valence-corrected chi connectivity index (χ3v) is 7.87. The van der Waals surface area contributed by atoms with Gasteiger partial charge >= 0.3 is 0 Å². The summed E-state index contributed by atoms with van der Waals surface area (Å²) < 4.78 is 0. The van der Waals surface area contributed by atoms with Gasteiger partial charge in [0.15, 0.2) is 23.1 Å². The molecule has 0 aliphatic heterocycles. The van der Waals surface area contributed by atoms with Crippen LogP contribution in [-0.2, 0) is 0 Å². The minimum absolute atomic E-state index is 0.0415. The molecule has 4 unspecified atom stereocenters. The van der Waals surface area contributed by atoms with E-state index in [-0.39, 0.29) is 23.1 Å². The van der Waals surface area contributed by atoms with E-state index in [1.54, 1.807) is 48.6 Å². The summed E-state index contributed by atoms with van der Waals surface area (Å²) in [4.78, 5) is 52.9. The van der Waals surface area contributed by atoms with E-state index in [0.29, 0.717) is 22.3 Å². The van der Waals surface area contributed by atoms with Gasteiger partial charge in [-0.15, -0.1) is 0 Å². The van der Waals surface area contributed by atoms with Gasteiger partial charge in [0.1, 0.15) is 0 Å². The maximum atomic E-state index is 13.2. The molecule has 0 fully saturated rings. The van der Waals surface area contributed by atoms with Gasteiger partial charge in [-0.1, -0.05) is 72.9 Å². The Morgan fingerprint density at radius 3 is 0.806 bits per heavy atom. The van der Waals surface area contributed by atoms with Gasteiger partial charge < -0.3 is 0 Å². The first kappa shape index (κ1) is 20.9. The largest absolute Gasteiger partial charge is 0.293 e. The van der Waals surface area contributed by atoms with Crippen molar-refractivity contribution in [3.8, 4) is 0 Å². The number of hydrogen-bond acceptors (Lipinski definition) is 4. The summed E-state index contributed by atoms with van der Waals surface area (Å²) in [6.45, 7) is 0. The Balaban J connectivity index is 1.34. The Labute approximate surface area is 207 Å². The number of allylic oxidation sites excluding steroid dienone is 8. The van der Waals surface area contributed by atoms with Crippen molar-refractivity contribution in [2.45, 2.75) is 0 Å². The highest BCUT2D eigenvalue weighted by Gasteiger charge is 2.41. The van der Waals surface area contributed by atoms with E-state index in [4.69, 9.17) is 0 Å². The zero-order valence-electron chi connectivity index (χ0n) is 19.2. The van der Waals surface area contributed by atoms with E-state index in [1.807, 2.05) is 48.6 Å². The number of rotatable bonds is 0. The standard InChI is InChI=1S/C32H20O4/c33-29-21-5-1-2-6-22(21)30(34)26-14-18-11-12-20-16-28-27(15-19(20)10-9-17(18)13-25(26)29)31(35)23-7-3-4-8-24(23)32(28)36/h1-16,21-24H/b10-9-,12-11-,17-9?,18-11?,19-10?,20-12?. The molecule has 4 heteroatoms. The van der Waals surface area contributed by atoms with Gasteiger partial charge in [0.2, 0.25) is 0 Å². The summed E-state index contributed by atoms with van der Waals surface area (Å²) in [6, 6.07) is 7.21. The first-order chi connectivity index (χ1) is 17.5. The van der Waals surface area contributed by atoms with Crippen molar-refractivity contribution in [2.75, 3.05) is 0 Å². The first-order valence-corrected chi connectivity index (χ1v) is 12.1. The van der Waals surface area contributed by atoms with Crippen molar-refractivity contribution >= 4 is 47.4 Å². The number of carbonyl (C=O) groups is 4. The molecule has 0 bridgehead atoms. The van der Waals surface area contributed by atoms with E-state index in [0.717, 1.165) is 22.3 Å². The summed E-state index contributed by atoms with van der Waals surface area (Å²) in [5, 5.41) is 0. The lowest BCUT2D eigenvalue weighted by molar-refractivity contribution is 0.0801. The molecule has 5 aliphatic rings. The molecule has 2 aromatic rings. The van der Waals surface area contributed by atoms with Gasteiger partial charge in [-0.05, 0) is 46.5 Å². The maximum Gasteiger partial charge on any atom is 0.171 e. The van der Waals surface area contributed by atoms with Crippen LogP contribution in [-0.4, -0.2) is 23.1 Å². The van der Waals surface area contributed by atoms with Crippen molar-refractivity contribution in [2.24, 2.45) is 23.7 Å². The number of Topliss-reactive ketones (excluding diaryl/α,β-unsaturated/α-hetero) is 4. The van der Waals surface area contributed by atoms with Crippen LogP contribution >= 0.6 is 0 Å². The number of ketones is 4. The van der Waals surface area contributed by atoms with Crippen molar-refractivity contribution in [1.82, 2.24) is 0 Å². The normalized spacial score (nSPS) is 28.2. The van der Waals surface area contributed by atoms with E-state index < -0.39 is 23.7 Å². The number of hydrogen-bond donors (Lipinski definition) is 0. The molecule has 0 saturated heterocycles. The summed E-state index contributed by atoms with van der Waals surface area (Å²) in [5.74, 6) is -1.98. The minimum Gasteiger partial charge on any atom is -0.293 e. The second kappa shape index (κ2) is 7.53. The molecule has 0 radical (unpaired) electrons. The average Bonchev–Trinajstić information content (AvgIpc) is 2.91. The molecule has 5 aliphatic carbocycles. The van der Waals surface area contributed by atoms with Crippen molar-refractivity contribution < 1.29 is 19.2 Å². The summed E-state index contributed by atoms with van der Waals surface area (Å²) in [7, 11) is 0. The van der Waals surface area contributed by atoms with Gasteiger partial charge in [-0.2, -0.15) is 0 Å². The molecule has 4 nitrogen and oxygen atoms in total. The molecule has 7 rings (SSSR count). The topological polar surface area (TPSA) is 68.3 Å². The quantitative estimate of drug-likeness (QED) is 0.417. The lowest BCUT2D eigenvalue weighted by Gasteiger charge is -2.29. The summed E-state index contributed by atoms with van der Waals surface area (Å²) in [5.41, 5.74) is 5.11. The molecule has 0 heterocycles. The van der Waals surface area contributed by atoms with Gasteiger partial charge in [-0.25, -0.2) is 0 Å². The van der Waals surface area contributed by atoms with Gasteiger partial charge in [-0.3, -0.25) is 19.2 Å². The number of carbonyl (C=O) groups excluding carboxylic acids is 4. The third kappa shape index (κ3) is 2.88. The molecule has 172 valence electrons.